The Bertz CT molecular complexity index is 1050. The van der Waals surface area contributed by atoms with E-state index in [0.29, 0.717) is 0 Å². The Balaban J connectivity index is 1.48. The van der Waals surface area contributed by atoms with Gasteiger partial charge in [-0.15, -0.1) is 5.10 Å². The Morgan fingerprint density at radius 1 is 1.12 bits per heavy atom. The predicted octanol–water partition coefficient (Wildman–Crippen LogP) is 2.98. The van der Waals surface area contributed by atoms with Crippen molar-refractivity contribution < 1.29 is 12.8 Å². The highest BCUT2D eigenvalue weighted by molar-refractivity contribution is 7.89. The van der Waals surface area contributed by atoms with Crippen molar-refractivity contribution in [2.24, 2.45) is 0 Å². The topological polar surface area (TPSA) is 68.1 Å². The van der Waals surface area contributed by atoms with E-state index in [1.165, 1.54) is 10.4 Å². The molecule has 0 unspecified atom stereocenters. The fraction of sp³-hybridized carbons (Fsp3) is 0.176. The summed E-state index contributed by atoms with van der Waals surface area (Å²) in [6.07, 6.45) is 1.80. The summed E-state index contributed by atoms with van der Waals surface area (Å²) >= 11 is 5.69. The molecule has 1 saturated heterocycles. The number of halogens is 2. The van der Waals surface area contributed by atoms with Crippen LogP contribution in [-0.4, -0.2) is 40.8 Å². The average molecular weight is 393 g/mol. The van der Waals surface area contributed by atoms with Gasteiger partial charge in [0, 0.05) is 18.7 Å². The molecule has 26 heavy (non-hydrogen) atoms. The van der Waals surface area contributed by atoms with Gasteiger partial charge in [-0.05, 0) is 18.2 Å². The van der Waals surface area contributed by atoms with Gasteiger partial charge in [-0.1, -0.05) is 47.1 Å². The molecule has 0 aliphatic carbocycles. The van der Waals surface area contributed by atoms with Crippen LogP contribution in [0.15, 0.2) is 59.6 Å². The van der Waals surface area contributed by atoms with Gasteiger partial charge in [0.1, 0.15) is 11.5 Å². The summed E-state index contributed by atoms with van der Waals surface area (Å²) in [7, 11) is -3.71. The van der Waals surface area contributed by atoms with Crippen LogP contribution in [0.25, 0.3) is 11.3 Å². The lowest BCUT2D eigenvalue weighted by atomic mass is 10.1. The molecule has 2 heterocycles. The third-order valence-corrected chi connectivity index (χ3v) is 6.43. The Hall–Kier alpha value is -2.29. The molecule has 0 saturated carbocycles. The summed E-state index contributed by atoms with van der Waals surface area (Å²) in [4.78, 5) is -0.0223. The zero-order valence-electron chi connectivity index (χ0n) is 13.5. The molecule has 134 valence electrons. The van der Waals surface area contributed by atoms with E-state index in [1.807, 2.05) is 30.3 Å². The average Bonchev–Trinajstić information content (AvgIpc) is 3.06. The van der Waals surface area contributed by atoms with Gasteiger partial charge in [0.25, 0.3) is 0 Å². The summed E-state index contributed by atoms with van der Waals surface area (Å²) in [5.74, 6) is -0.650. The first kappa shape index (κ1) is 17.1. The molecule has 0 spiro atoms. The lowest BCUT2D eigenvalue weighted by Gasteiger charge is -2.37. The lowest BCUT2D eigenvalue weighted by molar-refractivity contribution is 0.189. The van der Waals surface area contributed by atoms with Crippen LogP contribution in [-0.2, 0) is 10.0 Å². The summed E-state index contributed by atoms with van der Waals surface area (Å²) in [6.45, 7) is 0.545. The maximum Gasteiger partial charge on any atom is 0.243 e. The second kappa shape index (κ2) is 6.46. The molecule has 1 aromatic heterocycles. The monoisotopic (exact) mass is 392 g/mol. The van der Waals surface area contributed by atoms with Gasteiger partial charge in [0.15, 0.2) is 0 Å². The normalized spacial score (nSPS) is 15.8. The van der Waals surface area contributed by atoms with Crippen LogP contribution < -0.4 is 0 Å². The van der Waals surface area contributed by atoms with Crippen LogP contribution in [0, 0.1) is 5.82 Å². The number of sulfonamides is 1. The van der Waals surface area contributed by atoms with Crippen molar-refractivity contribution in [3.63, 3.8) is 0 Å². The number of hydrogen-bond acceptors (Lipinski definition) is 4. The molecule has 1 aliphatic heterocycles. The second-order valence-electron chi connectivity index (χ2n) is 6.00. The number of aromatic nitrogens is 3. The molecule has 0 N–H and O–H groups in total. The van der Waals surface area contributed by atoms with Crippen LogP contribution in [0.5, 0.6) is 0 Å². The Labute approximate surface area is 154 Å². The number of hydrogen-bond donors (Lipinski definition) is 0. The van der Waals surface area contributed by atoms with E-state index in [0.717, 1.165) is 23.4 Å². The second-order valence-corrected chi connectivity index (χ2v) is 8.35. The van der Waals surface area contributed by atoms with Gasteiger partial charge < -0.3 is 0 Å². The van der Waals surface area contributed by atoms with E-state index in [9.17, 15) is 12.8 Å². The van der Waals surface area contributed by atoms with Crippen LogP contribution >= 0.6 is 11.6 Å². The van der Waals surface area contributed by atoms with Crippen molar-refractivity contribution >= 4 is 21.6 Å². The third-order valence-electron chi connectivity index (χ3n) is 4.31. The molecule has 1 aliphatic rings. The van der Waals surface area contributed by atoms with Crippen molar-refractivity contribution in [3.8, 4) is 11.3 Å². The largest absolute Gasteiger partial charge is 0.246 e. The number of rotatable bonds is 4. The fourth-order valence-corrected chi connectivity index (χ4v) is 4.55. The molecule has 6 nitrogen and oxygen atoms in total. The minimum Gasteiger partial charge on any atom is -0.246 e. The quantitative estimate of drug-likeness (QED) is 0.684. The lowest BCUT2D eigenvalue weighted by Crippen LogP contribution is -2.50. The molecule has 9 heteroatoms. The van der Waals surface area contributed by atoms with Gasteiger partial charge in [-0.25, -0.2) is 17.5 Å². The first-order chi connectivity index (χ1) is 12.4. The highest BCUT2D eigenvalue weighted by Gasteiger charge is 2.38. The van der Waals surface area contributed by atoms with Gasteiger partial charge in [0.2, 0.25) is 10.0 Å². The van der Waals surface area contributed by atoms with E-state index < -0.39 is 15.8 Å². The molecule has 4 rings (SSSR count). The zero-order valence-corrected chi connectivity index (χ0v) is 15.0. The molecule has 3 aromatic rings. The Morgan fingerprint density at radius 3 is 2.54 bits per heavy atom. The number of benzene rings is 2. The van der Waals surface area contributed by atoms with Gasteiger partial charge in [-0.3, -0.25) is 0 Å². The Morgan fingerprint density at radius 2 is 1.85 bits per heavy atom. The van der Waals surface area contributed by atoms with Crippen molar-refractivity contribution in [2.75, 3.05) is 13.1 Å². The summed E-state index contributed by atoms with van der Waals surface area (Å²) in [5.41, 5.74) is 1.68. The molecular formula is C17H14ClFN4O2S. The minimum absolute atomic E-state index is 0.0223. The summed E-state index contributed by atoms with van der Waals surface area (Å²) in [6, 6.07) is 12.9. The predicted molar refractivity (Wildman–Crippen MR) is 94.7 cm³/mol. The van der Waals surface area contributed by atoms with E-state index in [1.54, 1.807) is 10.9 Å². The molecule has 1 fully saturated rings. The van der Waals surface area contributed by atoms with Crippen molar-refractivity contribution in [2.45, 2.75) is 10.9 Å². The standard InChI is InChI=1S/C17H14ClFN4O2S/c18-15-8-14(6-7-16(15)19)26(24,25)22-9-13(10-22)23-11-17(20-21-23)12-4-2-1-3-5-12/h1-8,11,13H,9-10H2. The molecule has 0 atom stereocenters. The SMILES string of the molecule is O=S(=O)(c1ccc(F)c(Cl)c1)N1CC(n2cc(-c3ccccc3)nn2)C1. The zero-order chi connectivity index (χ0) is 18.3. The van der Waals surface area contributed by atoms with Crippen molar-refractivity contribution in [1.82, 2.24) is 19.3 Å². The van der Waals surface area contributed by atoms with E-state index in [4.69, 9.17) is 11.6 Å². The summed E-state index contributed by atoms with van der Waals surface area (Å²) in [5, 5.41) is 8.03. The molecule has 2 aromatic carbocycles. The van der Waals surface area contributed by atoms with Crippen molar-refractivity contribution in [1.29, 1.82) is 0 Å². The Kier molecular flexibility index (Phi) is 4.26. The summed E-state index contributed by atoms with van der Waals surface area (Å²) < 4.78 is 41.4. The first-order valence-corrected chi connectivity index (χ1v) is 9.69. The molecular weight excluding hydrogens is 379 g/mol. The van der Waals surface area contributed by atoms with Gasteiger partial charge >= 0.3 is 0 Å². The first-order valence-electron chi connectivity index (χ1n) is 7.87. The van der Waals surface area contributed by atoms with E-state index >= 15 is 0 Å². The van der Waals surface area contributed by atoms with E-state index in [2.05, 4.69) is 10.3 Å². The van der Waals surface area contributed by atoms with Crippen molar-refractivity contribution in [3.05, 3.63) is 65.6 Å². The highest BCUT2D eigenvalue weighted by Crippen LogP contribution is 2.30. The third kappa shape index (κ3) is 3.00. The maximum absolute atomic E-state index is 13.3. The molecule has 0 bridgehead atoms. The highest BCUT2D eigenvalue weighted by atomic mass is 35.5. The van der Waals surface area contributed by atoms with E-state index in [-0.39, 0.29) is 29.0 Å². The molecule has 0 amide bonds. The van der Waals surface area contributed by atoms with Gasteiger partial charge in [-0.2, -0.15) is 4.31 Å². The van der Waals surface area contributed by atoms with Crippen LogP contribution in [0.1, 0.15) is 6.04 Å². The maximum atomic E-state index is 13.3. The fourth-order valence-electron chi connectivity index (χ4n) is 2.76. The van der Waals surface area contributed by atoms with Crippen LogP contribution in [0.2, 0.25) is 5.02 Å². The molecule has 0 radical (unpaired) electrons. The minimum atomic E-state index is -3.71. The van der Waals surface area contributed by atoms with Crippen LogP contribution in [0.3, 0.4) is 0 Å². The van der Waals surface area contributed by atoms with Gasteiger partial charge in [0.05, 0.1) is 22.2 Å². The van der Waals surface area contributed by atoms with Crippen LogP contribution in [0.4, 0.5) is 4.39 Å². The number of nitrogens with zero attached hydrogens (tertiary/aromatic N) is 4. The smallest absolute Gasteiger partial charge is 0.243 e.